The van der Waals surface area contributed by atoms with Gasteiger partial charge in [-0.05, 0) is 51.3 Å². The zero-order valence-corrected chi connectivity index (χ0v) is 13.4. The third-order valence-corrected chi connectivity index (χ3v) is 3.95. The van der Waals surface area contributed by atoms with Crippen LogP contribution in [0.15, 0.2) is 17.2 Å². The van der Waals surface area contributed by atoms with Crippen molar-refractivity contribution in [1.29, 1.82) is 0 Å². The molecule has 1 amide bonds. The molecule has 0 aromatic heterocycles. The van der Waals surface area contributed by atoms with E-state index in [-0.39, 0.29) is 11.8 Å². The van der Waals surface area contributed by atoms with Crippen molar-refractivity contribution in [1.82, 2.24) is 0 Å². The Morgan fingerprint density at radius 2 is 1.86 bits per heavy atom. The molecular weight excluding hydrogens is 262 g/mol. The highest BCUT2D eigenvalue weighted by atomic mass is 16.2. The smallest absolute Gasteiger partial charge is 0.256 e. The minimum atomic E-state index is -0.143. The fourth-order valence-corrected chi connectivity index (χ4v) is 3.14. The average Bonchev–Trinajstić information content (AvgIpc) is 2.68. The van der Waals surface area contributed by atoms with Crippen molar-refractivity contribution in [3.63, 3.8) is 0 Å². The molecule has 0 aliphatic carbocycles. The van der Waals surface area contributed by atoms with Crippen LogP contribution in [0.1, 0.15) is 42.9 Å². The molecule has 0 bridgehead atoms. The summed E-state index contributed by atoms with van der Waals surface area (Å²) in [5.41, 5.74) is 11.0. The van der Waals surface area contributed by atoms with Crippen molar-refractivity contribution in [2.45, 2.75) is 47.0 Å². The van der Waals surface area contributed by atoms with E-state index in [1.54, 1.807) is 5.01 Å². The van der Waals surface area contributed by atoms with Crippen molar-refractivity contribution in [2.24, 2.45) is 16.8 Å². The fraction of sp³-hybridized carbons (Fsp3) is 0.529. The van der Waals surface area contributed by atoms with Gasteiger partial charge in [-0.3, -0.25) is 4.79 Å². The third-order valence-electron chi connectivity index (χ3n) is 3.95. The molecule has 4 nitrogen and oxygen atoms in total. The van der Waals surface area contributed by atoms with E-state index in [9.17, 15) is 4.79 Å². The number of aryl methyl sites for hydroxylation is 3. The number of hydrogen-bond acceptors (Lipinski definition) is 3. The summed E-state index contributed by atoms with van der Waals surface area (Å²) in [6, 6.07) is 4.20. The fourth-order valence-electron chi connectivity index (χ4n) is 3.14. The first-order valence-corrected chi connectivity index (χ1v) is 7.68. The predicted molar refractivity (Wildman–Crippen MR) is 87.6 cm³/mol. The Morgan fingerprint density at radius 1 is 1.24 bits per heavy atom. The van der Waals surface area contributed by atoms with Crippen LogP contribution in [0.4, 0.5) is 5.69 Å². The Kier molecular flexibility index (Phi) is 4.78. The van der Waals surface area contributed by atoms with Gasteiger partial charge in [-0.15, -0.1) is 0 Å². The van der Waals surface area contributed by atoms with Gasteiger partial charge in [-0.2, -0.15) is 10.1 Å². The Hall–Kier alpha value is -1.68. The molecule has 4 heteroatoms. The molecule has 21 heavy (non-hydrogen) atoms. The second-order valence-corrected chi connectivity index (χ2v) is 5.87. The number of hydrogen-bond donors (Lipinski definition) is 1. The average molecular weight is 287 g/mol. The van der Waals surface area contributed by atoms with E-state index in [1.807, 2.05) is 13.8 Å². The summed E-state index contributed by atoms with van der Waals surface area (Å²) in [6.45, 7) is 8.76. The van der Waals surface area contributed by atoms with E-state index in [1.165, 1.54) is 5.56 Å². The lowest BCUT2D eigenvalue weighted by atomic mass is 9.96. The van der Waals surface area contributed by atoms with Gasteiger partial charge < -0.3 is 5.73 Å². The molecular formula is C17H25N3O. The molecule has 1 aromatic rings. The normalized spacial score (nSPS) is 18.3. The number of nitrogens with zero attached hydrogens (tertiary/aromatic N) is 2. The first-order valence-electron chi connectivity index (χ1n) is 7.68. The van der Waals surface area contributed by atoms with Crippen LogP contribution in [0.25, 0.3) is 0 Å². The van der Waals surface area contributed by atoms with Crippen LogP contribution in [-0.2, 0) is 4.79 Å². The van der Waals surface area contributed by atoms with Gasteiger partial charge >= 0.3 is 0 Å². The monoisotopic (exact) mass is 287 g/mol. The minimum Gasteiger partial charge on any atom is -0.330 e. The Morgan fingerprint density at radius 3 is 2.38 bits per heavy atom. The quantitative estimate of drug-likeness (QED) is 0.904. The van der Waals surface area contributed by atoms with Gasteiger partial charge in [0.1, 0.15) is 0 Å². The van der Waals surface area contributed by atoms with Crippen LogP contribution in [0.5, 0.6) is 0 Å². The van der Waals surface area contributed by atoms with Crippen LogP contribution in [-0.4, -0.2) is 18.2 Å². The molecule has 0 saturated carbocycles. The Bertz CT molecular complexity index is 554. The molecule has 0 fully saturated rings. The SMILES string of the molecule is CCCC1=NN(c2c(C)cc(C)cc2C)C(=O)C1CCN. The predicted octanol–water partition coefficient (Wildman–Crippen LogP) is 3.08. The highest BCUT2D eigenvalue weighted by Gasteiger charge is 2.36. The molecule has 2 rings (SSSR count). The van der Waals surface area contributed by atoms with E-state index in [0.717, 1.165) is 35.4 Å². The van der Waals surface area contributed by atoms with Gasteiger partial charge in [0.25, 0.3) is 5.91 Å². The Labute approximate surface area is 127 Å². The van der Waals surface area contributed by atoms with E-state index >= 15 is 0 Å². The van der Waals surface area contributed by atoms with Gasteiger partial charge in [-0.1, -0.05) is 31.0 Å². The molecule has 1 heterocycles. The van der Waals surface area contributed by atoms with Crippen LogP contribution < -0.4 is 10.7 Å². The zero-order chi connectivity index (χ0) is 15.6. The standard InChI is InChI=1S/C17H25N3O/c1-5-6-15-14(7-8-18)17(21)20(19-15)16-12(3)9-11(2)10-13(16)4/h9-10,14H,5-8,18H2,1-4H3. The lowest BCUT2D eigenvalue weighted by Gasteiger charge is -2.19. The topological polar surface area (TPSA) is 58.7 Å². The van der Waals surface area contributed by atoms with Crippen LogP contribution >= 0.6 is 0 Å². The maximum Gasteiger partial charge on any atom is 0.256 e. The summed E-state index contributed by atoms with van der Waals surface area (Å²) >= 11 is 0. The summed E-state index contributed by atoms with van der Waals surface area (Å²) in [6.07, 6.45) is 2.53. The summed E-state index contributed by atoms with van der Waals surface area (Å²) in [7, 11) is 0. The van der Waals surface area contributed by atoms with Crippen molar-refractivity contribution in [3.05, 3.63) is 28.8 Å². The lowest BCUT2D eigenvalue weighted by molar-refractivity contribution is -0.119. The second kappa shape index (κ2) is 6.39. The number of hydrazone groups is 1. The third kappa shape index (κ3) is 3.00. The number of amides is 1. The van der Waals surface area contributed by atoms with Crippen LogP contribution in [0.3, 0.4) is 0 Å². The number of rotatable bonds is 5. The summed E-state index contributed by atoms with van der Waals surface area (Å²) in [5.74, 6) is -0.0750. The molecule has 0 spiro atoms. The highest BCUT2D eigenvalue weighted by Crippen LogP contribution is 2.32. The van der Waals surface area contributed by atoms with Gasteiger partial charge in [0.05, 0.1) is 17.3 Å². The summed E-state index contributed by atoms with van der Waals surface area (Å²) in [5, 5.41) is 6.23. The summed E-state index contributed by atoms with van der Waals surface area (Å²) < 4.78 is 0. The number of anilines is 1. The summed E-state index contributed by atoms with van der Waals surface area (Å²) in [4.78, 5) is 12.7. The zero-order valence-electron chi connectivity index (χ0n) is 13.4. The van der Waals surface area contributed by atoms with E-state index in [2.05, 4.69) is 31.1 Å². The minimum absolute atomic E-state index is 0.0685. The largest absolute Gasteiger partial charge is 0.330 e. The van der Waals surface area contributed by atoms with Crippen molar-refractivity contribution >= 4 is 17.3 Å². The van der Waals surface area contributed by atoms with Gasteiger partial charge in [0.2, 0.25) is 0 Å². The Balaban J connectivity index is 2.43. The number of nitrogens with two attached hydrogens (primary N) is 1. The molecule has 1 unspecified atom stereocenters. The molecule has 114 valence electrons. The molecule has 0 saturated heterocycles. The van der Waals surface area contributed by atoms with Gasteiger partial charge in [0, 0.05) is 0 Å². The van der Waals surface area contributed by atoms with E-state index in [0.29, 0.717) is 13.0 Å². The molecule has 0 radical (unpaired) electrons. The number of carbonyl (C=O) groups is 1. The number of carbonyl (C=O) groups excluding carboxylic acids is 1. The molecule has 1 atom stereocenters. The van der Waals surface area contributed by atoms with E-state index in [4.69, 9.17) is 5.73 Å². The number of benzene rings is 1. The van der Waals surface area contributed by atoms with Crippen LogP contribution in [0, 0.1) is 26.7 Å². The maximum absolute atomic E-state index is 12.7. The lowest BCUT2D eigenvalue weighted by Crippen LogP contribution is -2.30. The van der Waals surface area contributed by atoms with Gasteiger partial charge in [0.15, 0.2) is 0 Å². The first-order chi connectivity index (χ1) is 9.99. The van der Waals surface area contributed by atoms with Crippen molar-refractivity contribution in [3.8, 4) is 0 Å². The molecule has 2 N–H and O–H groups in total. The molecule has 1 aliphatic heterocycles. The van der Waals surface area contributed by atoms with Gasteiger partial charge in [-0.25, -0.2) is 0 Å². The highest BCUT2D eigenvalue weighted by molar-refractivity contribution is 6.16. The molecule has 1 aliphatic rings. The van der Waals surface area contributed by atoms with E-state index < -0.39 is 0 Å². The maximum atomic E-state index is 12.7. The van der Waals surface area contributed by atoms with Crippen molar-refractivity contribution < 1.29 is 4.79 Å². The van der Waals surface area contributed by atoms with Crippen molar-refractivity contribution in [2.75, 3.05) is 11.6 Å². The second-order valence-electron chi connectivity index (χ2n) is 5.87. The first kappa shape index (κ1) is 15.7. The van der Waals surface area contributed by atoms with Crippen LogP contribution in [0.2, 0.25) is 0 Å². The molecule has 1 aromatic carbocycles.